The van der Waals surface area contributed by atoms with Crippen molar-refractivity contribution in [3.05, 3.63) is 40.6 Å². The van der Waals surface area contributed by atoms with E-state index in [1.807, 2.05) is 18.2 Å². The molecule has 70 valence electrons. The molecule has 0 spiro atoms. The van der Waals surface area contributed by atoms with E-state index in [4.69, 9.17) is 5.73 Å². The summed E-state index contributed by atoms with van der Waals surface area (Å²) in [6.07, 6.45) is 3.18. The van der Waals surface area contributed by atoms with Crippen molar-refractivity contribution in [3.8, 4) is 0 Å². The summed E-state index contributed by atoms with van der Waals surface area (Å²) in [5.41, 5.74) is 5.69. The van der Waals surface area contributed by atoms with Gasteiger partial charge in [-0.2, -0.15) is 0 Å². The summed E-state index contributed by atoms with van der Waals surface area (Å²) < 4.78 is 0.853. The lowest BCUT2D eigenvalue weighted by Gasteiger charge is -2.03. The number of carbonyl (C=O) groups is 1. The van der Waals surface area contributed by atoms with Gasteiger partial charge in [0.1, 0.15) is 0 Å². The van der Waals surface area contributed by atoms with E-state index >= 15 is 0 Å². The Bertz CT molecular complexity index is 505. The van der Waals surface area contributed by atoms with Gasteiger partial charge in [0.05, 0.1) is 5.56 Å². The van der Waals surface area contributed by atoms with E-state index < -0.39 is 5.91 Å². The Morgan fingerprint density at radius 1 is 1.36 bits per heavy atom. The van der Waals surface area contributed by atoms with E-state index in [0.717, 1.165) is 15.2 Å². The molecule has 3 nitrogen and oxygen atoms in total. The Labute approximate surface area is 89.1 Å². The summed E-state index contributed by atoms with van der Waals surface area (Å²) >= 11 is 3.38. The lowest BCUT2D eigenvalue weighted by atomic mass is 10.1. The maximum absolute atomic E-state index is 11.1. The number of primary amides is 1. The van der Waals surface area contributed by atoms with Crippen LogP contribution in [0, 0.1) is 0 Å². The van der Waals surface area contributed by atoms with Crippen molar-refractivity contribution >= 4 is 32.6 Å². The summed E-state index contributed by atoms with van der Waals surface area (Å²) in [6, 6.07) is 5.65. The third kappa shape index (κ3) is 1.37. The lowest BCUT2D eigenvalue weighted by Crippen LogP contribution is -2.11. The third-order valence-corrected chi connectivity index (χ3v) is 2.66. The van der Waals surface area contributed by atoms with E-state index in [0.29, 0.717) is 5.56 Å². The van der Waals surface area contributed by atoms with Crippen LogP contribution in [0.25, 0.3) is 10.8 Å². The number of hydrogen-bond donors (Lipinski definition) is 1. The van der Waals surface area contributed by atoms with Crippen molar-refractivity contribution in [2.24, 2.45) is 5.73 Å². The minimum Gasteiger partial charge on any atom is -0.366 e. The number of pyridine rings is 1. The normalized spacial score (nSPS) is 10.4. The molecule has 0 saturated carbocycles. The zero-order valence-corrected chi connectivity index (χ0v) is 8.78. The zero-order chi connectivity index (χ0) is 10.1. The Morgan fingerprint density at radius 3 is 2.86 bits per heavy atom. The van der Waals surface area contributed by atoms with Crippen molar-refractivity contribution in [1.29, 1.82) is 0 Å². The van der Waals surface area contributed by atoms with Crippen LogP contribution in [0.1, 0.15) is 10.4 Å². The van der Waals surface area contributed by atoms with Gasteiger partial charge >= 0.3 is 0 Å². The first-order chi connectivity index (χ1) is 6.70. The molecule has 0 aliphatic carbocycles. The molecule has 14 heavy (non-hydrogen) atoms. The van der Waals surface area contributed by atoms with E-state index in [9.17, 15) is 4.79 Å². The first-order valence-corrected chi connectivity index (χ1v) is 4.81. The molecular weight excluding hydrogens is 244 g/mol. The number of rotatable bonds is 1. The van der Waals surface area contributed by atoms with Crippen LogP contribution in [0.3, 0.4) is 0 Å². The average Bonchev–Trinajstić information content (AvgIpc) is 2.17. The lowest BCUT2D eigenvalue weighted by molar-refractivity contribution is 0.100. The highest BCUT2D eigenvalue weighted by molar-refractivity contribution is 9.10. The molecule has 4 heteroatoms. The first-order valence-electron chi connectivity index (χ1n) is 4.02. The van der Waals surface area contributed by atoms with Gasteiger partial charge < -0.3 is 5.73 Å². The molecule has 2 aromatic rings. The number of aromatic nitrogens is 1. The molecule has 2 N–H and O–H groups in total. The molecule has 1 aromatic carbocycles. The van der Waals surface area contributed by atoms with Gasteiger partial charge in [-0.3, -0.25) is 9.78 Å². The Balaban J connectivity index is 2.91. The number of fused-ring (bicyclic) bond motifs is 1. The van der Waals surface area contributed by atoms with Crippen molar-refractivity contribution in [3.63, 3.8) is 0 Å². The number of nitrogens with two attached hydrogens (primary N) is 1. The van der Waals surface area contributed by atoms with Crippen LogP contribution in [0.15, 0.2) is 35.1 Å². The molecule has 2 rings (SSSR count). The largest absolute Gasteiger partial charge is 0.366 e. The van der Waals surface area contributed by atoms with Crippen molar-refractivity contribution < 1.29 is 4.79 Å². The van der Waals surface area contributed by atoms with Gasteiger partial charge in [-0.25, -0.2) is 0 Å². The summed E-state index contributed by atoms with van der Waals surface area (Å²) in [5, 5.41) is 1.71. The standard InChI is InChI=1S/C10H7BrN2O/c11-8-3-1-2-6-4-13-5-7(9(6)8)10(12)14/h1-5H,(H2,12,14). The van der Waals surface area contributed by atoms with Crippen LogP contribution < -0.4 is 5.73 Å². The monoisotopic (exact) mass is 250 g/mol. The van der Waals surface area contributed by atoms with Crippen LogP contribution in [0.2, 0.25) is 0 Å². The van der Waals surface area contributed by atoms with E-state index in [-0.39, 0.29) is 0 Å². The quantitative estimate of drug-likeness (QED) is 0.843. The Morgan fingerprint density at radius 2 is 2.14 bits per heavy atom. The van der Waals surface area contributed by atoms with Crippen molar-refractivity contribution in [2.45, 2.75) is 0 Å². The van der Waals surface area contributed by atoms with Gasteiger partial charge in [-0.05, 0) is 6.07 Å². The molecule has 0 aliphatic rings. The second kappa shape index (κ2) is 3.38. The van der Waals surface area contributed by atoms with Crippen LogP contribution in [-0.4, -0.2) is 10.9 Å². The summed E-state index contributed by atoms with van der Waals surface area (Å²) in [4.78, 5) is 15.1. The SMILES string of the molecule is NC(=O)c1cncc2cccc(Br)c12. The predicted octanol–water partition coefficient (Wildman–Crippen LogP) is 2.10. The van der Waals surface area contributed by atoms with Crippen LogP contribution in [0.4, 0.5) is 0 Å². The molecule has 0 aliphatic heterocycles. The minimum absolute atomic E-state index is 0.440. The predicted molar refractivity (Wildman–Crippen MR) is 58.0 cm³/mol. The third-order valence-electron chi connectivity index (χ3n) is 2.00. The number of halogens is 1. The van der Waals surface area contributed by atoms with Gasteiger partial charge in [0, 0.05) is 27.6 Å². The summed E-state index contributed by atoms with van der Waals surface area (Å²) in [5.74, 6) is -0.463. The summed E-state index contributed by atoms with van der Waals surface area (Å²) in [7, 11) is 0. The molecule has 1 aromatic heterocycles. The maximum Gasteiger partial charge on any atom is 0.250 e. The minimum atomic E-state index is -0.463. The van der Waals surface area contributed by atoms with Gasteiger partial charge in [0.15, 0.2) is 0 Å². The second-order valence-electron chi connectivity index (χ2n) is 2.89. The van der Waals surface area contributed by atoms with Gasteiger partial charge in [-0.1, -0.05) is 28.1 Å². The number of carbonyl (C=O) groups excluding carboxylic acids is 1. The fraction of sp³-hybridized carbons (Fsp3) is 0. The number of nitrogens with zero attached hydrogens (tertiary/aromatic N) is 1. The Kier molecular flexibility index (Phi) is 2.21. The Hall–Kier alpha value is -1.42. The maximum atomic E-state index is 11.1. The fourth-order valence-corrected chi connectivity index (χ4v) is 1.97. The molecule has 0 bridgehead atoms. The molecule has 0 unspecified atom stereocenters. The van der Waals surface area contributed by atoms with Crippen molar-refractivity contribution in [2.75, 3.05) is 0 Å². The first kappa shape index (κ1) is 9.15. The molecule has 0 fully saturated rings. The smallest absolute Gasteiger partial charge is 0.250 e. The molecular formula is C10H7BrN2O. The van der Waals surface area contributed by atoms with Crippen molar-refractivity contribution in [1.82, 2.24) is 4.98 Å². The number of amides is 1. The summed E-state index contributed by atoms with van der Waals surface area (Å²) in [6.45, 7) is 0. The molecule has 1 heterocycles. The highest BCUT2D eigenvalue weighted by Crippen LogP contribution is 2.25. The fourth-order valence-electron chi connectivity index (χ4n) is 1.38. The van der Waals surface area contributed by atoms with Gasteiger partial charge in [0.25, 0.3) is 5.91 Å². The number of benzene rings is 1. The number of hydrogen-bond acceptors (Lipinski definition) is 2. The topological polar surface area (TPSA) is 56.0 Å². The van der Waals surface area contributed by atoms with Gasteiger partial charge in [-0.15, -0.1) is 0 Å². The van der Waals surface area contributed by atoms with Crippen LogP contribution in [0.5, 0.6) is 0 Å². The molecule has 1 amide bonds. The van der Waals surface area contributed by atoms with Crippen LogP contribution in [-0.2, 0) is 0 Å². The van der Waals surface area contributed by atoms with Gasteiger partial charge in [0.2, 0.25) is 0 Å². The van der Waals surface area contributed by atoms with E-state index in [1.54, 1.807) is 6.20 Å². The second-order valence-corrected chi connectivity index (χ2v) is 3.74. The van der Waals surface area contributed by atoms with Crippen LogP contribution >= 0.6 is 15.9 Å². The highest BCUT2D eigenvalue weighted by atomic mass is 79.9. The molecule has 0 radical (unpaired) electrons. The zero-order valence-electron chi connectivity index (χ0n) is 7.20. The average molecular weight is 251 g/mol. The van der Waals surface area contributed by atoms with E-state index in [2.05, 4.69) is 20.9 Å². The molecule has 0 atom stereocenters. The molecule has 0 saturated heterocycles. The van der Waals surface area contributed by atoms with E-state index in [1.165, 1.54) is 6.20 Å². The highest BCUT2D eigenvalue weighted by Gasteiger charge is 2.08.